The van der Waals surface area contributed by atoms with Crippen molar-refractivity contribution in [1.82, 2.24) is 0 Å². The number of hydrogen-bond donors (Lipinski definition) is 1. The summed E-state index contributed by atoms with van der Waals surface area (Å²) in [5.41, 5.74) is 10.6. The zero-order chi connectivity index (χ0) is 12.5. The van der Waals surface area contributed by atoms with Crippen molar-refractivity contribution >= 4 is 16.5 Å². The monoisotopic (exact) mass is 233 g/mol. The van der Waals surface area contributed by atoms with Crippen molar-refractivity contribution in [2.45, 2.75) is 6.92 Å². The molecule has 0 atom stereocenters. The van der Waals surface area contributed by atoms with Crippen LogP contribution in [0.1, 0.15) is 5.56 Å². The summed E-state index contributed by atoms with van der Waals surface area (Å²) in [5, 5.41) is 2.44. The van der Waals surface area contributed by atoms with Gasteiger partial charge >= 0.3 is 0 Å². The first-order chi connectivity index (χ1) is 8.75. The van der Waals surface area contributed by atoms with Gasteiger partial charge in [0.2, 0.25) is 0 Å². The molecule has 0 bridgehead atoms. The molecule has 0 heterocycles. The van der Waals surface area contributed by atoms with Crippen LogP contribution in [0.4, 0.5) is 5.69 Å². The van der Waals surface area contributed by atoms with E-state index >= 15 is 0 Å². The van der Waals surface area contributed by atoms with Crippen LogP contribution in [0.15, 0.2) is 60.7 Å². The molecule has 0 aliphatic rings. The first-order valence-electron chi connectivity index (χ1n) is 6.10. The van der Waals surface area contributed by atoms with Crippen molar-refractivity contribution in [2.24, 2.45) is 0 Å². The summed E-state index contributed by atoms with van der Waals surface area (Å²) >= 11 is 0. The van der Waals surface area contributed by atoms with E-state index in [-0.39, 0.29) is 0 Å². The van der Waals surface area contributed by atoms with Gasteiger partial charge in [0.05, 0.1) is 0 Å². The van der Waals surface area contributed by atoms with Gasteiger partial charge in [-0.05, 0) is 29.3 Å². The second kappa shape index (κ2) is 4.19. The van der Waals surface area contributed by atoms with E-state index in [1.807, 2.05) is 6.07 Å². The number of aryl methyl sites for hydroxylation is 1. The van der Waals surface area contributed by atoms with E-state index in [9.17, 15) is 0 Å². The van der Waals surface area contributed by atoms with Crippen molar-refractivity contribution < 1.29 is 0 Å². The van der Waals surface area contributed by atoms with Crippen LogP contribution in [0.3, 0.4) is 0 Å². The van der Waals surface area contributed by atoms with Gasteiger partial charge in [-0.15, -0.1) is 0 Å². The molecule has 3 aromatic rings. The number of fused-ring (bicyclic) bond motifs is 1. The van der Waals surface area contributed by atoms with Crippen LogP contribution in [-0.2, 0) is 0 Å². The second-order valence-corrected chi connectivity index (χ2v) is 4.62. The van der Waals surface area contributed by atoms with Crippen LogP contribution in [0.5, 0.6) is 0 Å². The van der Waals surface area contributed by atoms with Crippen molar-refractivity contribution in [2.75, 3.05) is 5.73 Å². The Labute approximate surface area is 107 Å². The predicted molar refractivity (Wildman–Crippen MR) is 78.5 cm³/mol. The fourth-order valence-corrected chi connectivity index (χ4v) is 2.41. The molecule has 0 radical (unpaired) electrons. The quantitative estimate of drug-likeness (QED) is 0.619. The summed E-state index contributed by atoms with van der Waals surface area (Å²) in [6.07, 6.45) is 0. The molecule has 0 spiro atoms. The Morgan fingerprint density at radius 3 is 2.50 bits per heavy atom. The molecule has 0 saturated carbocycles. The van der Waals surface area contributed by atoms with Gasteiger partial charge in [-0.2, -0.15) is 0 Å². The molecule has 18 heavy (non-hydrogen) atoms. The van der Waals surface area contributed by atoms with Crippen molar-refractivity contribution in [3.8, 4) is 11.1 Å². The van der Waals surface area contributed by atoms with Crippen LogP contribution in [0, 0.1) is 6.92 Å². The minimum Gasteiger partial charge on any atom is -0.398 e. The number of anilines is 1. The van der Waals surface area contributed by atoms with Crippen LogP contribution in [0.25, 0.3) is 21.9 Å². The van der Waals surface area contributed by atoms with Gasteiger partial charge in [0.15, 0.2) is 0 Å². The summed E-state index contributed by atoms with van der Waals surface area (Å²) in [4.78, 5) is 0. The first-order valence-corrected chi connectivity index (χ1v) is 6.10. The molecule has 1 nitrogen and oxygen atoms in total. The third kappa shape index (κ3) is 1.74. The van der Waals surface area contributed by atoms with Gasteiger partial charge < -0.3 is 5.73 Å². The van der Waals surface area contributed by atoms with E-state index < -0.39 is 0 Å². The minimum atomic E-state index is 0.833. The maximum Gasteiger partial charge on any atom is 0.0400 e. The lowest BCUT2D eigenvalue weighted by molar-refractivity contribution is 1.47. The van der Waals surface area contributed by atoms with Gasteiger partial charge in [0, 0.05) is 11.3 Å². The first kappa shape index (κ1) is 10.8. The highest BCUT2D eigenvalue weighted by atomic mass is 14.6. The fourth-order valence-electron chi connectivity index (χ4n) is 2.41. The van der Waals surface area contributed by atoms with E-state index in [0.29, 0.717) is 0 Å². The summed E-state index contributed by atoms with van der Waals surface area (Å²) in [5.74, 6) is 0. The van der Waals surface area contributed by atoms with Crippen LogP contribution in [-0.4, -0.2) is 0 Å². The van der Waals surface area contributed by atoms with Crippen molar-refractivity contribution in [3.63, 3.8) is 0 Å². The number of nitrogen functional groups attached to an aromatic ring is 1. The maximum absolute atomic E-state index is 6.17. The Balaban J connectivity index is 2.37. The van der Waals surface area contributed by atoms with Gasteiger partial charge in [-0.25, -0.2) is 0 Å². The number of nitrogens with two attached hydrogens (primary N) is 1. The summed E-state index contributed by atoms with van der Waals surface area (Å²) in [6, 6.07) is 20.9. The molecule has 2 N–H and O–H groups in total. The molecule has 0 fully saturated rings. The Hall–Kier alpha value is -2.28. The Bertz CT molecular complexity index is 714. The predicted octanol–water partition coefficient (Wildman–Crippen LogP) is 4.40. The molecule has 0 aliphatic carbocycles. The Morgan fingerprint density at radius 1 is 0.833 bits per heavy atom. The van der Waals surface area contributed by atoms with Crippen LogP contribution < -0.4 is 5.73 Å². The van der Waals surface area contributed by atoms with E-state index in [0.717, 1.165) is 11.3 Å². The largest absolute Gasteiger partial charge is 0.398 e. The van der Waals surface area contributed by atoms with E-state index in [4.69, 9.17) is 5.73 Å². The van der Waals surface area contributed by atoms with Gasteiger partial charge in [0.25, 0.3) is 0 Å². The molecule has 3 aromatic carbocycles. The molecule has 0 amide bonds. The normalized spacial score (nSPS) is 10.7. The number of hydrogen-bond acceptors (Lipinski definition) is 1. The molecule has 3 rings (SSSR count). The number of rotatable bonds is 1. The van der Waals surface area contributed by atoms with E-state index in [2.05, 4.69) is 61.5 Å². The average molecular weight is 233 g/mol. The van der Waals surface area contributed by atoms with Gasteiger partial charge in [-0.3, -0.25) is 0 Å². The molecule has 0 aliphatic heterocycles. The second-order valence-electron chi connectivity index (χ2n) is 4.62. The van der Waals surface area contributed by atoms with Gasteiger partial charge in [0.1, 0.15) is 0 Å². The summed E-state index contributed by atoms with van der Waals surface area (Å²) in [7, 11) is 0. The molecule has 0 aromatic heterocycles. The highest BCUT2D eigenvalue weighted by Crippen LogP contribution is 2.34. The molecule has 0 unspecified atom stereocenters. The standard InChI is InChI=1S/C17H15N/c1-12-5-4-7-14(11-12)17-15-8-3-2-6-13(15)9-10-16(17)18/h2-11H,18H2,1H3. The van der Waals surface area contributed by atoms with E-state index in [1.165, 1.54) is 21.9 Å². The molecule has 88 valence electrons. The lowest BCUT2D eigenvalue weighted by Gasteiger charge is -2.11. The van der Waals surface area contributed by atoms with Crippen molar-refractivity contribution in [1.29, 1.82) is 0 Å². The molecular formula is C17H15N. The Kier molecular flexibility index (Phi) is 2.52. The fraction of sp³-hybridized carbons (Fsp3) is 0.0588. The summed E-state index contributed by atoms with van der Waals surface area (Å²) < 4.78 is 0. The molecule has 0 saturated heterocycles. The Morgan fingerprint density at radius 2 is 1.67 bits per heavy atom. The zero-order valence-electron chi connectivity index (χ0n) is 10.4. The third-order valence-electron chi connectivity index (χ3n) is 3.27. The SMILES string of the molecule is Cc1cccc(-c2c(N)ccc3ccccc23)c1. The van der Waals surface area contributed by atoms with Crippen LogP contribution in [0.2, 0.25) is 0 Å². The van der Waals surface area contributed by atoms with E-state index in [1.54, 1.807) is 0 Å². The van der Waals surface area contributed by atoms with Crippen LogP contribution >= 0.6 is 0 Å². The number of benzene rings is 3. The topological polar surface area (TPSA) is 26.0 Å². The molecular weight excluding hydrogens is 218 g/mol. The summed E-state index contributed by atoms with van der Waals surface area (Å²) in [6.45, 7) is 2.10. The lowest BCUT2D eigenvalue weighted by atomic mass is 9.95. The average Bonchev–Trinajstić information content (AvgIpc) is 2.38. The highest BCUT2D eigenvalue weighted by Gasteiger charge is 2.07. The third-order valence-corrected chi connectivity index (χ3v) is 3.27. The maximum atomic E-state index is 6.17. The highest BCUT2D eigenvalue weighted by molar-refractivity contribution is 6.02. The smallest absolute Gasteiger partial charge is 0.0400 e. The van der Waals surface area contributed by atoms with Crippen molar-refractivity contribution in [3.05, 3.63) is 66.2 Å². The van der Waals surface area contributed by atoms with Gasteiger partial charge in [-0.1, -0.05) is 60.2 Å². The lowest BCUT2D eigenvalue weighted by Crippen LogP contribution is -1.91. The molecule has 1 heteroatoms. The minimum absolute atomic E-state index is 0.833. The zero-order valence-corrected chi connectivity index (χ0v) is 10.4.